The second-order valence-electron chi connectivity index (χ2n) is 6.94. The van der Waals surface area contributed by atoms with E-state index < -0.39 is 0 Å². The van der Waals surface area contributed by atoms with Gasteiger partial charge in [0.25, 0.3) is 0 Å². The van der Waals surface area contributed by atoms with E-state index in [4.69, 9.17) is 27.9 Å². The van der Waals surface area contributed by atoms with Gasteiger partial charge >= 0.3 is 0 Å². The molecule has 0 unspecified atom stereocenters. The van der Waals surface area contributed by atoms with Gasteiger partial charge in [0, 0.05) is 22.3 Å². The predicted octanol–water partition coefficient (Wildman–Crippen LogP) is 7.05. The lowest BCUT2D eigenvalue weighted by Crippen LogP contribution is -2.14. The Kier molecular flexibility index (Phi) is 6.95. The van der Waals surface area contributed by atoms with E-state index in [-0.39, 0.29) is 5.91 Å². The number of ether oxygens (including phenoxy) is 1. The molecule has 1 heterocycles. The van der Waals surface area contributed by atoms with Crippen LogP contribution in [0.25, 0.3) is 11.3 Å². The summed E-state index contributed by atoms with van der Waals surface area (Å²) in [5, 5.41) is 9.86. The molecule has 0 atom stereocenters. The lowest BCUT2D eigenvalue weighted by molar-refractivity contribution is -0.115. The van der Waals surface area contributed by atoms with Crippen LogP contribution in [0.2, 0.25) is 10.0 Å². The van der Waals surface area contributed by atoms with Crippen molar-refractivity contribution in [1.29, 1.82) is 0 Å². The van der Waals surface area contributed by atoms with Crippen LogP contribution < -0.4 is 15.4 Å². The summed E-state index contributed by atoms with van der Waals surface area (Å²) >= 11 is 13.5. The van der Waals surface area contributed by atoms with E-state index in [1.165, 1.54) is 11.3 Å². The van der Waals surface area contributed by atoms with Crippen molar-refractivity contribution in [3.05, 3.63) is 87.7 Å². The summed E-state index contributed by atoms with van der Waals surface area (Å²) in [6, 6.07) is 20.4. The van der Waals surface area contributed by atoms with Gasteiger partial charge in [-0.2, -0.15) is 0 Å². The molecular formula is C24H19Cl2N3O2S. The Morgan fingerprint density at radius 1 is 0.969 bits per heavy atom. The zero-order chi connectivity index (χ0) is 22.5. The van der Waals surface area contributed by atoms with Crippen molar-refractivity contribution in [1.82, 2.24) is 4.98 Å². The van der Waals surface area contributed by atoms with E-state index in [0.29, 0.717) is 16.5 Å². The third-order valence-electron chi connectivity index (χ3n) is 4.66. The van der Waals surface area contributed by atoms with Gasteiger partial charge in [-0.25, -0.2) is 4.98 Å². The minimum atomic E-state index is -0.0790. The first-order valence-corrected chi connectivity index (χ1v) is 11.3. The number of methoxy groups -OCH3 is 1. The molecule has 0 saturated heterocycles. The quantitative estimate of drug-likeness (QED) is 0.295. The number of anilines is 3. The number of rotatable bonds is 7. The number of aromatic nitrogens is 1. The number of hydrogen-bond acceptors (Lipinski definition) is 5. The van der Waals surface area contributed by atoms with Gasteiger partial charge in [0.2, 0.25) is 5.91 Å². The van der Waals surface area contributed by atoms with E-state index in [1.807, 2.05) is 60.0 Å². The van der Waals surface area contributed by atoms with Crippen LogP contribution in [0, 0.1) is 0 Å². The first kappa shape index (κ1) is 22.1. The van der Waals surface area contributed by atoms with E-state index in [2.05, 4.69) is 15.6 Å². The highest BCUT2D eigenvalue weighted by Gasteiger charge is 2.08. The summed E-state index contributed by atoms with van der Waals surface area (Å²) in [6.07, 6.45) is 0.293. The minimum Gasteiger partial charge on any atom is -0.497 e. The monoisotopic (exact) mass is 483 g/mol. The van der Waals surface area contributed by atoms with Gasteiger partial charge in [0.1, 0.15) is 5.75 Å². The number of hydrogen-bond donors (Lipinski definition) is 2. The summed E-state index contributed by atoms with van der Waals surface area (Å²) in [5.41, 5.74) is 4.27. The summed E-state index contributed by atoms with van der Waals surface area (Å²) < 4.78 is 5.14. The fourth-order valence-electron chi connectivity index (χ4n) is 3.02. The zero-order valence-corrected chi connectivity index (χ0v) is 19.4. The van der Waals surface area contributed by atoms with Gasteiger partial charge < -0.3 is 15.4 Å². The Labute approximate surface area is 200 Å². The normalized spacial score (nSPS) is 10.6. The molecule has 4 rings (SSSR count). The van der Waals surface area contributed by atoms with Crippen LogP contribution in [-0.2, 0) is 11.2 Å². The Hall–Kier alpha value is -3.06. The SMILES string of the molecule is COc1ccc(CC(=O)Nc2ccc(-c3csc(Nc4ccc(Cl)c(Cl)c4)n3)cc2)cc1. The zero-order valence-electron chi connectivity index (χ0n) is 17.1. The van der Waals surface area contributed by atoms with E-state index in [0.717, 1.165) is 39.1 Å². The first-order valence-electron chi connectivity index (χ1n) is 9.71. The van der Waals surface area contributed by atoms with Crippen LogP contribution in [0.1, 0.15) is 5.56 Å². The molecule has 0 aliphatic carbocycles. The van der Waals surface area contributed by atoms with Crippen LogP contribution in [-0.4, -0.2) is 18.0 Å². The number of amides is 1. The van der Waals surface area contributed by atoms with Crippen LogP contribution in [0.4, 0.5) is 16.5 Å². The van der Waals surface area contributed by atoms with Crippen molar-refractivity contribution in [3.8, 4) is 17.0 Å². The Balaban J connectivity index is 1.36. The molecule has 0 fully saturated rings. The highest BCUT2D eigenvalue weighted by molar-refractivity contribution is 7.14. The highest BCUT2D eigenvalue weighted by Crippen LogP contribution is 2.30. The molecule has 0 bridgehead atoms. The third-order valence-corrected chi connectivity index (χ3v) is 6.16. The Morgan fingerprint density at radius 2 is 1.69 bits per heavy atom. The molecule has 1 aromatic heterocycles. The number of nitrogens with one attached hydrogen (secondary N) is 2. The average Bonchev–Trinajstić information content (AvgIpc) is 3.26. The van der Waals surface area contributed by atoms with Crippen LogP contribution in [0.5, 0.6) is 5.75 Å². The van der Waals surface area contributed by atoms with Gasteiger partial charge in [-0.1, -0.05) is 47.5 Å². The maximum atomic E-state index is 12.3. The van der Waals surface area contributed by atoms with Crippen LogP contribution in [0.3, 0.4) is 0 Å². The molecule has 5 nitrogen and oxygen atoms in total. The van der Waals surface area contributed by atoms with Crippen molar-refractivity contribution in [2.45, 2.75) is 6.42 Å². The molecule has 0 aliphatic rings. The lowest BCUT2D eigenvalue weighted by Gasteiger charge is -2.07. The Morgan fingerprint density at radius 3 is 2.38 bits per heavy atom. The summed E-state index contributed by atoms with van der Waals surface area (Å²) in [5.74, 6) is 0.687. The molecule has 4 aromatic rings. The predicted molar refractivity (Wildman–Crippen MR) is 133 cm³/mol. The molecule has 162 valence electrons. The summed E-state index contributed by atoms with van der Waals surface area (Å²) in [4.78, 5) is 17.0. The van der Waals surface area contributed by atoms with E-state index in [1.54, 1.807) is 19.2 Å². The molecule has 2 N–H and O–H groups in total. The minimum absolute atomic E-state index is 0.0790. The first-order chi connectivity index (χ1) is 15.5. The smallest absolute Gasteiger partial charge is 0.228 e. The standard InChI is InChI=1S/C24H19Cl2N3O2S/c1-31-19-9-2-15(3-10-19)12-23(30)27-17-6-4-16(5-7-17)22-14-32-24(29-22)28-18-8-11-20(25)21(26)13-18/h2-11,13-14H,12H2,1H3,(H,27,30)(H,28,29). The number of thiazole rings is 1. The van der Waals surface area contributed by atoms with Gasteiger partial charge in [-0.05, 0) is 48.0 Å². The molecule has 0 saturated carbocycles. The fraction of sp³-hybridized carbons (Fsp3) is 0.0833. The fourth-order valence-corrected chi connectivity index (χ4v) is 4.06. The second-order valence-corrected chi connectivity index (χ2v) is 8.61. The molecule has 32 heavy (non-hydrogen) atoms. The Bertz CT molecular complexity index is 1220. The van der Waals surface area contributed by atoms with Crippen LogP contribution >= 0.6 is 34.5 Å². The number of carbonyl (C=O) groups excluding carboxylic acids is 1. The molecule has 0 aliphatic heterocycles. The van der Waals surface area contributed by atoms with Gasteiger partial charge in [-0.3, -0.25) is 4.79 Å². The van der Waals surface area contributed by atoms with Crippen molar-refractivity contribution >= 4 is 57.0 Å². The van der Waals surface area contributed by atoms with Gasteiger partial charge in [0.15, 0.2) is 5.13 Å². The molecule has 3 aromatic carbocycles. The number of nitrogens with zero attached hydrogens (tertiary/aromatic N) is 1. The number of benzene rings is 3. The third kappa shape index (κ3) is 5.59. The molecule has 0 radical (unpaired) electrons. The van der Waals surface area contributed by atoms with Gasteiger partial charge in [-0.15, -0.1) is 11.3 Å². The highest BCUT2D eigenvalue weighted by atomic mass is 35.5. The van der Waals surface area contributed by atoms with Gasteiger partial charge in [0.05, 0.1) is 29.3 Å². The molecule has 8 heteroatoms. The topological polar surface area (TPSA) is 63.2 Å². The summed E-state index contributed by atoms with van der Waals surface area (Å²) in [6.45, 7) is 0. The maximum Gasteiger partial charge on any atom is 0.228 e. The maximum absolute atomic E-state index is 12.3. The summed E-state index contributed by atoms with van der Waals surface area (Å²) in [7, 11) is 1.62. The van der Waals surface area contributed by atoms with Crippen molar-refractivity contribution in [3.63, 3.8) is 0 Å². The molecule has 0 spiro atoms. The number of carbonyl (C=O) groups is 1. The van der Waals surface area contributed by atoms with E-state index in [9.17, 15) is 4.79 Å². The van der Waals surface area contributed by atoms with Crippen molar-refractivity contribution < 1.29 is 9.53 Å². The van der Waals surface area contributed by atoms with Crippen molar-refractivity contribution in [2.24, 2.45) is 0 Å². The van der Waals surface area contributed by atoms with Crippen molar-refractivity contribution in [2.75, 3.05) is 17.7 Å². The van der Waals surface area contributed by atoms with Crippen LogP contribution in [0.15, 0.2) is 72.1 Å². The van der Waals surface area contributed by atoms with E-state index >= 15 is 0 Å². The second kappa shape index (κ2) is 10.0. The molecular weight excluding hydrogens is 465 g/mol. The number of halogens is 2. The molecule has 1 amide bonds. The largest absolute Gasteiger partial charge is 0.497 e. The average molecular weight is 484 g/mol. The lowest BCUT2D eigenvalue weighted by atomic mass is 10.1.